The smallest absolute Gasteiger partial charge is 0.407 e. The monoisotopic (exact) mass is 300 g/mol. The summed E-state index contributed by atoms with van der Waals surface area (Å²) >= 11 is 1.77. The quantitative estimate of drug-likeness (QED) is 0.634. The predicted octanol–water partition coefficient (Wildman–Crippen LogP) is 3.85. The summed E-state index contributed by atoms with van der Waals surface area (Å²) in [5.74, 6) is 0.562. The topological polar surface area (TPSA) is 50.7 Å². The molecule has 0 radical (unpaired) electrons. The van der Waals surface area contributed by atoms with E-state index in [0.29, 0.717) is 12.0 Å². The van der Waals surface area contributed by atoms with Gasteiger partial charge in [0.15, 0.2) is 0 Å². The molecular weight excluding hydrogens is 272 g/mol. The molecule has 0 aromatic carbocycles. The highest BCUT2D eigenvalue weighted by atomic mass is 32.2. The Morgan fingerprint density at radius 3 is 2.25 bits per heavy atom. The summed E-state index contributed by atoms with van der Waals surface area (Å²) in [6, 6.07) is 0.606. The molecule has 0 atom stereocenters. The molecule has 0 aromatic rings. The van der Waals surface area contributed by atoms with Crippen molar-refractivity contribution >= 4 is 22.9 Å². The van der Waals surface area contributed by atoms with E-state index in [2.05, 4.69) is 25.4 Å². The van der Waals surface area contributed by atoms with E-state index in [1.165, 1.54) is 5.04 Å². The zero-order valence-electron chi connectivity index (χ0n) is 13.3. The van der Waals surface area contributed by atoms with Crippen molar-refractivity contribution in [1.82, 2.24) is 5.32 Å². The standard InChI is InChI=1S/C15H28N2O2S/c1-10(2)16-14(20-5)12-6-8-13(9-7-12)17-15(18)19-11(3)4/h10-13H,6-9H2,1-5H3,(H,17,18). The van der Waals surface area contributed by atoms with Gasteiger partial charge in [0.25, 0.3) is 0 Å². The minimum Gasteiger partial charge on any atom is -0.447 e. The summed E-state index contributed by atoms with van der Waals surface area (Å²) in [6.45, 7) is 7.96. The molecule has 0 saturated heterocycles. The minimum absolute atomic E-state index is 0.0624. The number of ether oxygens (including phenoxy) is 1. The number of thioether (sulfide) groups is 1. The first-order valence-electron chi connectivity index (χ1n) is 7.51. The molecular formula is C15H28N2O2S. The van der Waals surface area contributed by atoms with Crippen molar-refractivity contribution < 1.29 is 9.53 Å². The Morgan fingerprint density at radius 1 is 1.20 bits per heavy atom. The summed E-state index contributed by atoms with van der Waals surface area (Å²) in [5.41, 5.74) is 0. The van der Waals surface area contributed by atoms with Gasteiger partial charge in [-0.1, -0.05) is 0 Å². The number of hydrogen-bond acceptors (Lipinski definition) is 4. The van der Waals surface area contributed by atoms with E-state index in [1.54, 1.807) is 11.8 Å². The van der Waals surface area contributed by atoms with Gasteiger partial charge in [-0.05, 0) is 59.6 Å². The lowest BCUT2D eigenvalue weighted by Crippen LogP contribution is -2.39. The van der Waals surface area contributed by atoms with Crippen LogP contribution in [0.25, 0.3) is 0 Å². The lowest BCUT2D eigenvalue weighted by atomic mass is 9.86. The molecule has 1 N–H and O–H groups in total. The second kappa shape index (κ2) is 8.55. The third-order valence-corrected chi connectivity index (χ3v) is 4.19. The summed E-state index contributed by atoms with van der Waals surface area (Å²) in [4.78, 5) is 16.3. The molecule has 0 bridgehead atoms. The van der Waals surface area contributed by atoms with Crippen LogP contribution in [0.5, 0.6) is 0 Å². The van der Waals surface area contributed by atoms with Gasteiger partial charge in [0.05, 0.1) is 11.1 Å². The first-order valence-corrected chi connectivity index (χ1v) is 8.73. The van der Waals surface area contributed by atoms with Gasteiger partial charge in [0.1, 0.15) is 0 Å². The van der Waals surface area contributed by atoms with Crippen LogP contribution >= 0.6 is 11.8 Å². The van der Waals surface area contributed by atoms with Crippen molar-refractivity contribution in [3.05, 3.63) is 0 Å². The highest BCUT2D eigenvalue weighted by molar-refractivity contribution is 8.13. The van der Waals surface area contributed by atoms with Crippen LogP contribution in [0.4, 0.5) is 4.79 Å². The van der Waals surface area contributed by atoms with E-state index < -0.39 is 0 Å². The Morgan fingerprint density at radius 2 is 1.80 bits per heavy atom. The summed E-state index contributed by atoms with van der Waals surface area (Å²) in [6.07, 6.45) is 5.96. The minimum atomic E-state index is -0.288. The van der Waals surface area contributed by atoms with Crippen molar-refractivity contribution in [2.75, 3.05) is 6.26 Å². The number of amides is 1. The van der Waals surface area contributed by atoms with Crippen LogP contribution < -0.4 is 5.32 Å². The van der Waals surface area contributed by atoms with E-state index in [4.69, 9.17) is 9.73 Å². The fraction of sp³-hybridized carbons (Fsp3) is 0.867. The fourth-order valence-corrected chi connectivity index (χ4v) is 3.36. The molecule has 5 heteroatoms. The van der Waals surface area contributed by atoms with Crippen LogP contribution in [-0.2, 0) is 4.74 Å². The number of nitrogens with one attached hydrogen (secondary N) is 1. The predicted molar refractivity (Wildman–Crippen MR) is 86.6 cm³/mol. The Balaban J connectivity index is 2.41. The molecule has 0 unspecified atom stereocenters. The van der Waals surface area contributed by atoms with Gasteiger partial charge in [0, 0.05) is 18.0 Å². The number of carbonyl (C=O) groups excluding carboxylic acids is 1. The molecule has 1 amide bonds. The van der Waals surface area contributed by atoms with Gasteiger partial charge >= 0.3 is 6.09 Å². The van der Waals surface area contributed by atoms with Gasteiger partial charge < -0.3 is 10.1 Å². The number of alkyl carbamates (subject to hydrolysis) is 1. The molecule has 20 heavy (non-hydrogen) atoms. The fourth-order valence-electron chi connectivity index (χ4n) is 2.48. The number of rotatable bonds is 4. The molecule has 4 nitrogen and oxygen atoms in total. The lowest BCUT2D eigenvalue weighted by molar-refractivity contribution is 0.109. The van der Waals surface area contributed by atoms with E-state index in [-0.39, 0.29) is 18.2 Å². The molecule has 1 rings (SSSR count). The number of hydrogen-bond donors (Lipinski definition) is 1. The van der Waals surface area contributed by atoms with Gasteiger partial charge in [-0.3, -0.25) is 4.99 Å². The van der Waals surface area contributed by atoms with Crippen molar-refractivity contribution in [2.45, 2.75) is 71.6 Å². The average Bonchev–Trinajstić information content (AvgIpc) is 2.35. The van der Waals surface area contributed by atoms with Crippen molar-refractivity contribution in [1.29, 1.82) is 0 Å². The highest BCUT2D eigenvalue weighted by Crippen LogP contribution is 2.29. The van der Waals surface area contributed by atoms with Gasteiger partial charge in [-0.25, -0.2) is 4.79 Å². The molecule has 0 spiro atoms. The summed E-state index contributed by atoms with van der Waals surface area (Å²) < 4.78 is 5.12. The lowest BCUT2D eigenvalue weighted by Gasteiger charge is -2.29. The first-order chi connectivity index (χ1) is 9.42. The van der Waals surface area contributed by atoms with Crippen LogP contribution in [-0.4, -0.2) is 35.6 Å². The number of nitrogens with zero attached hydrogens (tertiary/aromatic N) is 1. The molecule has 0 aliphatic heterocycles. The van der Waals surface area contributed by atoms with Gasteiger partial charge in [0.2, 0.25) is 0 Å². The molecule has 1 saturated carbocycles. The summed E-state index contributed by atoms with van der Waals surface area (Å²) in [7, 11) is 0. The Hall–Kier alpha value is -0.710. The van der Waals surface area contributed by atoms with E-state index in [1.807, 2.05) is 13.8 Å². The maximum Gasteiger partial charge on any atom is 0.407 e. The third-order valence-electron chi connectivity index (χ3n) is 3.34. The molecule has 1 aliphatic rings. The van der Waals surface area contributed by atoms with Crippen LogP contribution in [0.3, 0.4) is 0 Å². The largest absolute Gasteiger partial charge is 0.447 e. The van der Waals surface area contributed by atoms with Crippen LogP contribution in [0.15, 0.2) is 4.99 Å². The second-order valence-corrected chi connectivity index (χ2v) is 6.74. The molecule has 0 heterocycles. The van der Waals surface area contributed by atoms with Crippen molar-refractivity contribution in [2.24, 2.45) is 10.9 Å². The Labute approximate surface area is 127 Å². The van der Waals surface area contributed by atoms with Crippen molar-refractivity contribution in [3.63, 3.8) is 0 Å². The first kappa shape index (κ1) is 17.3. The van der Waals surface area contributed by atoms with Gasteiger partial charge in [-0.2, -0.15) is 0 Å². The Bertz CT molecular complexity index is 335. The molecule has 1 aliphatic carbocycles. The molecule has 1 fully saturated rings. The zero-order chi connectivity index (χ0) is 15.1. The maximum atomic E-state index is 11.6. The highest BCUT2D eigenvalue weighted by Gasteiger charge is 2.26. The van der Waals surface area contributed by atoms with Crippen LogP contribution in [0, 0.1) is 5.92 Å². The SMILES string of the molecule is CSC(=NC(C)C)C1CCC(NC(=O)OC(C)C)CC1. The van der Waals surface area contributed by atoms with E-state index in [9.17, 15) is 4.79 Å². The number of aliphatic imine (C=N–C) groups is 1. The van der Waals surface area contributed by atoms with E-state index in [0.717, 1.165) is 25.7 Å². The normalized spacial score (nSPS) is 24.1. The van der Waals surface area contributed by atoms with Crippen molar-refractivity contribution in [3.8, 4) is 0 Å². The summed E-state index contributed by atoms with van der Waals surface area (Å²) in [5, 5.41) is 4.23. The maximum absolute atomic E-state index is 11.6. The molecule has 116 valence electrons. The second-order valence-electron chi connectivity index (χ2n) is 5.91. The number of carbonyl (C=O) groups is 1. The molecule has 0 aromatic heterocycles. The van der Waals surface area contributed by atoms with Crippen LogP contribution in [0.1, 0.15) is 53.4 Å². The van der Waals surface area contributed by atoms with Gasteiger partial charge in [-0.15, -0.1) is 11.8 Å². The average molecular weight is 300 g/mol. The Kier molecular flexibility index (Phi) is 7.41. The van der Waals surface area contributed by atoms with E-state index >= 15 is 0 Å². The van der Waals surface area contributed by atoms with Crippen LogP contribution in [0.2, 0.25) is 0 Å². The third kappa shape index (κ3) is 6.16. The zero-order valence-corrected chi connectivity index (χ0v) is 14.1.